The minimum Gasteiger partial charge on any atom is -0.300 e. The molecule has 0 bridgehead atoms. The second kappa shape index (κ2) is 4.80. The van der Waals surface area contributed by atoms with Gasteiger partial charge in [-0.05, 0) is 5.92 Å². The fourth-order valence-corrected chi connectivity index (χ4v) is 0.807. The molecule has 0 saturated carbocycles. The van der Waals surface area contributed by atoms with E-state index >= 15 is 0 Å². The van der Waals surface area contributed by atoms with Crippen molar-refractivity contribution in [2.45, 2.75) is 33.6 Å². The van der Waals surface area contributed by atoms with Crippen molar-refractivity contribution in [3.8, 4) is 0 Å². The maximum atomic E-state index is 10.9. The molecule has 0 aliphatic heterocycles. The molecule has 1 N–H and O–H groups in total. The standard InChI is InChI=1S/C7H12N2O.C2H6/c1-5(2)6-4-7(10)9(3)8-6;1-2/h4-5,8H,1-3H3;1-2H3. The van der Waals surface area contributed by atoms with Crippen molar-refractivity contribution >= 4 is 0 Å². The molecule has 1 heterocycles. The third-order valence-electron chi connectivity index (χ3n) is 1.53. The van der Waals surface area contributed by atoms with Crippen LogP contribution >= 0.6 is 0 Å². The molecule has 3 nitrogen and oxygen atoms in total. The Hall–Kier alpha value is -0.990. The lowest BCUT2D eigenvalue weighted by Crippen LogP contribution is -2.09. The summed E-state index contributed by atoms with van der Waals surface area (Å²) in [4.78, 5) is 10.9. The largest absolute Gasteiger partial charge is 0.300 e. The van der Waals surface area contributed by atoms with E-state index in [1.807, 2.05) is 27.7 Å². The molecule has 0 spiro atoms. The Morgan fingerprint density at radius 2 is 1.92 bits per heavy atom. The molecule has 0 saturated heterocycles. The molecular weight excluding hydrogens is 152 g/mol. The van der Waals surface area contributed by atoms with Crippen molar-refractivity contribution in [2.75, 3.05) is 0 Å². The van der Waals surface area contributed by atoms with Crippen molar-refractivity contribution in [2.24, 2.45) is 7.05 Å². The molecular formula is C9H18N2O. The molecule has 12 heavy (non-hydrogen) atoms. The van der Waals surface area contributed by atoms with Gasteiger partial charge in [-0.3, -0.25) is 14.6 Å². The number of aromatic nitrogens is 2. The number of aromatic amines is 1. The number of nitrogens with one attached hydrogen (secondary N) is 1. The summed E-state index contributed by atoms with van der Waals surface area (Å²) in [7, 11) is 1.72. The molecule has 0 radical (unpaired) electrons. The molecule has 0 aromatic carbocycles. The zero-order valence-electron chi connectivity index (χ0n) is 8.51. The maximum absolute atomic E-state index is 10.9. The lowest BCUT2D eigenvalue weighted by Gasteiger charge is -1.97. The van der Waals surface area contributed by atoms with Gasteiger partial charge in [0.1, 0.15) is 0 Å². The molecule has 1 rings (SSSR count). The van der Waals surface area contributed by atoms with Gasteiger partial charge in [-0.15, -0.1) is 0 Å². The summed E-state index contributed by atoms with van der Waals surface area (Å²) in [6, 6.07) is 1.63. The Balaban J connectivity index is 0.000000561. The molecule has 0 amide bonds. The average Bonchev–Trinajstić information content (AvgIpc) is 2.36. The molecule has 0 aliphatic rings. The SMILES string of the molecule is CC.CC(C)c1cc(=O)n(C)[nH]1. The van der Waals surface area contributed by atoms with Gasteiger partial charge < -0.3 is 0 Å². The van der Waals surface area contributed by atoms with E-state index in [0.29, 0.717) is 5.92 Å². The van der Waals surface area contributed by atoms with E-state index in [2.05, 4.69) is 5.10 Å². The zero-order valence-corrected chi connectivity index (χ0v) is 8.51. The van der Waals surface area contributed by atoms with Crippen LogP contribution in [0.15, 0.2) is 10.9 Å². The van der Waals surface area contributed by atoms with Gasteiger partial charge in [0.15, 0.2) is 0 Å². The minimum absolute atomic E-state index is 0.0312. The van der Waals surface area contributed by atoms with E-state index in [0.717, 1.165) is 5.69 Å². The second-order valence-electron chi connectivity index (χ2n) is 2.76. The van der Waals surface area contributed by atoms with Crippen LogP contribution in [0.4, 0.5) is 0 Å². The van der Waals surface area contributed by atoms with Gasteiger partial charge in [0, 0.05) is 18.8 Å². The van der Waals surface area contributed by atoms with Crippen LogP contribution in [-0.2, 0) is 7.05 Å². The number of aryl methyl sites for hydroxylation is 1. The number of hydrogen-bond acceptors (Lipinski definition) is 1. The van der Waals surface area contributed by atoms with Crippen molar-refractivity contribution in [1.29, 1.82) is 0 Å². The van der Waals surface area contributed by atoms with Crippen LogP contribution < -0.4 is 5.56 Å². The van der Waals surface area contributed by atoms with Crippen LogP contribution in [0.5, 0.6) is 0 Å². The number of rotatable bonds is 1. The first-order valence-electron chi connectivity index (χ1n) is 4.37. The fourth-order valence-electron chi connectivity index (χ4n) is 0.807. The third-order valence-corrected chi connectivity index (χ3v) is 1.53. The predicted octanol–water partition coefficient (Wildman–Crippen LogP) is 1.86. The highest BCUT2D eigenvalue weighted by Gasteiger charge is 2.02. The van der Waals surface area contributed by atoms with E-state index in [1.165, 1.54) is 4.68 Å². The summed E-state index contributed by atoms with van der Waals surface area (Å²) in [5, 5.41) is 2.95. The van der Waals surface area contributed by atoms with Crippen LogP contribution in [0.2, 0.25) is 0 Å². The average molecular weight is 170 g/mol. The van der Waals surface area contributed by atoms with E-state index in [9.17, 15) is 4.79 Å². The lowest BCUT2D eigenvalue weighted by molar-refractivity contribution is 0.697. The highest BCUT2D eigenvalue weighted by atomic mass is 16.1. The van der Waals surface area contributed by atoms with E-state index in [4.69, 9.17) is 0 Å². The summed E-state index contributed by atoms with van der Waals surface area (Å²) in [5.41, 5.74) is 1.02. The van der Waals surface area contributed by atoms with E-state index in [-0.39, 0.29) is 5.56 Å². The monoisotopic (exact) mass is 170 g/mol. The van der Waals surface area contributed by atoms with Gasteiger partial charge in [0.2, 0.25) is 0 Å². The molecule has 1 aromatic heterocycles. The molecule has 0 unspecified atom stereocenters. The summed E-state index contributed by atoms with van der Waals surface area (Å²) in [6.45, 7) is 8.09. The van der Waals surface area contributed by atoms with Gasteiger partial charge in [0.05, 0.1) is 0 Å². The first kappa shape index (κ1) is 11.0. The second-order valence-corrected chi connectivity index (χ2v) is 2.76. The summed E-state index contributed by atoms with van der Waals surface area (Å²) in [6.07, 6.45) is 0. The Kier molecular flexibility index (Phi) is 4.40. The zero-order chi connectivity index (χ0) is 9.72. The highest BCUT2D eigenvalue weighted by molar-refractivity contribution is 5.03. The van der Waals surface area contributed by atoms with Crippen LogP contribution in [-0.4, -0.2) is 9.78 Å². The van der Waals surface area contributed by atoms with Crippen LogP contribution in [0.3, 0.4) is 0 Å². The van der Waals surface area contributed by atoms with Crippen molar-refractivity contribution in [3.05, 3.63) is 22.1 Å². The first-order valence-corrected chi connectivity index (χ1v) is 4.37. The molecule has 3 heteroatoms. The van der Waals surface area contributed by atoms with Gasteiger partial charge in [-0.1, -0.05) is 27.7 Å². The lowest BCUT2D eigenvalue weighted by atomic mass is 10.1. The smallest absolute Gasteiger partial charge is 0.266 e. The Morgan fingerprint density at radius 1 is 1.42 bits per heavy atom. The Labute approximate surface area is 73.4 Å². The molecule has 0 fully saturated rings. The first-order chi connectivity index (χ1) is 5.61. The van der Waals surface area contributed by atoms with Crippen LogP contribution in [0.1, 0.15) is 39.3 Å². The molecule has 70 valence electrons. The molecule has 0 atom stereocenters. The number of hydrogen-bond donors (Lipinski definition) is 1. The Morgan fingerprint density at radius 3 is 2.08 bits per heavy atom. The highest BCUT2D eigenvalue weighted by Crippen LogP contribution is 2.06. The predicted molar refractivity (Wildman–Crippen MR) is 51.5 cm³/mol. The number of nitrogens with zero attached hydrogens (tertiary/aromatic N) is 1. The maximum Gasteiger partial charge on any atom is 0.266 e. The van der Waals surface area contributed by atoms with E-state index in [1.54, 1.807) is 13.1 Å². The van der Waals surface area contributed by atoms with Gasteiger partial charge >= 0.3 is 0 Å². The normalized spacial score (nSPS) is 9.50. The van der Waals surface area contributed by atoms with Gasteiger partial charge in [-0.25, -0.2) is 0 Å². The molecule has 1 aromatic rings. The van der Waals surface area contributed by atoms with Crippen molar-refractivity contribution < 1.29 is 0 Å². The quantitative estimate of drug-likeness (QED) is 0.686. The summed E-state index contributed by atoms with van der Waals surface area (Å²) >= 11 is 0. The van der Waals surface area contributed by atoms with Crippen molar-refractivity contribution in [3.63, 3.8) is 0 Å². The topological polar surface area (TPSA) is 37.8 Å². The van der Waals surface area contributed by atoms with Crippen molar-refractivity contribution in [1.82, 2.24) is 9.78 Å². The van der Waals surface area contributed by atoms with Gasteiger partial charge in [-0.2, -0.15) is 0 Å². The van der Waals surface area contributed by atoms with Gasteiger partial charge in [0.25, 0.3) is 5.56 Å². The summed E-state index contributed by atoms with van der Waals surface area (Å²) < 4.78 is 1.48. The number of H-pyrrole nitrogens is 1. The van der Waals surface area contributed by atoms with E-state index < -0.39 is 0 Å². The fraction of sp³-hybridized carbons (Fsp3) is 0.667. The third kappa shape index (κ3) is 2.57. The molecule has 0 aliphatic carbocycles. The van der Waals surface area contributed by atoms with Crippen LogP contribution in [0, 0.1) is 0 Å². The minimum atomic E-state index is 0.0312. The van der Waals surface area contributed by atoms with Crippen LogP contribution in [0.25, 0.3) is 0 Å². The Bertz CT molecular complexity index is 270. The summed E-state index contributed by atoms with van der Waals surface area (Å²) in [5.74, 6) is 0.397.